The largest absolute Gasteiger partial charge is 0.490 e. The van der Waals surface area contributed by atoms with E-state index < -0.39 is 11.7 Å². The minimum absolute atomic E-state index is 0.164. The van der Waals surface area contributed by atoms with Crippen molar-refractivity contribution in [2.75, 3.05) is 18.0 Å². The average Bonchev–Trinajstić information content (AvgIpc) is 3.22. The van der Waals surface area contributed by atoms with Crippen molar-refractivity contribution in [3.8, 4) is 5.75 Å². The van der Waals surface area contributed by atoms with Crippen molar-refractivity contribution < 1.29 is 27.1 Å². The Bertz CT molecular complexity index is 1490. The van der Waals surface area contributed by atoms with Gasteiger partial charge in [0.1, 0.15) is 29.0 Å². The average molecular weight is 541 g/mol. The molecular weight excluding hydrogens is 512 g/mol. The van der Waals surface area contributed by atoms with E-state index in [1.807, 2.05) is 30.2 Å². The van der Waals surface area contributed by atoms with Crippen molar-refractivity contribution in [1.82, 2.24) is 14.7 Å². The van der Waals surface area contributed by atoms with E-state index in [2.05, 4.69) is 10.3 Å². The van der Waals surface area contributed by atoms with Gasteiger partial charge in [0.15, 0.2) is 0 Å². The Morgan fingerprint density at radius 2 is 1.77 bits per heavy atom. The van der Waals surface area contributed by atoms with Gasteiger partial charge in [0, 0.05) is 38.7 Å². The van der Waals surface area contributed by atoms with E-state index in [0.717, 1.165) is 17.7 Å². The van der Waals surface area contributed by atoms with Crippen LogP contribution < -0.4 is 15.0 Å². The molecule has 2 aromatic carbocycles. The predicted octanol–water partition coefficient (Wildman–Crippen LogP) is 6.09. The van der Waals surface area contributed by atoms with Crippen LogP contribution in [0, 0.1) is 19.7 Å². The van der Waals surface area contributed by atoms with E-state index >= 15 is 4.39 Å². The number of pyridine rings is 1. The van der Waals surface area contributed by atoms with Crippen LogP contribution in [0.4, 0.5) is 23.2 Å². The number of hydrogen-bond acceptors (Lipinski definition) is 4. The van der Waals surface area contributed by atoms with Crippen molar-refractivity contribution in [3.05, 3.63) is 94.7 Å². The van der Waals surface area contributed by atoms with Gasteiger partial charge in [0.05, 0.1) is 16.9 Å². The molecule has 0 saturated carbocycles. The lowest BCUT2D eigenvalue weighted by Gasteiger charge is -2.34. The number of anilines is 1. The second kappa shape index (κ2) is 10.6. The molecule has 10 heteroatoms. The molecule has 204 valence electrons. The molecule has 0 aliphatic carbocycles. The Labute approximate surface area is 223 Å². The Kier molecular flexibility index (Phi) is 7.20. The molecule has 1 amide bonds. The van der Waals surface area contributed by atoms with E-state index in [1.54, 1.807) is 23.5 Å². The van der Waals surface area contributed by atoms with Crippen molar-refractivity contribution in [2.24, 2.45) is 0 Å². The van der Waals surface area contributed by atoms with Crippen LogP contribution in [0.15, 0.2) is 60.8 Å². The topological polar surface area (TPSA) is 58.9 Å². The Hall–Kier alpha value is -4.08. The normalized spacial score (nSPS) is 14.6. The first-order chi connectivity index (χ1) is 18.6. The minimum Gasteiger partial charge on any atom is -0.490 e. The third kappa shape index (κ3) is 5.84. The maximum atomic E-state index is 15.0. The number of nitrogens with one attached hydrogen (secondary N) is 1. The fraction of sp³-hybridized carbons (Fsp3) is 0.310. The highest BCUT2D eigenvalue weighted by Crippen LogP contribution is 2.31. The van der Waals surface area contributed by atoms with E-state index in [4.69, 9.17) is 4.74 Å². The molecule has 4 aromatic rings. The summed E-state index contributed by atoms with van der Waals surface area (Å²) in [5.41, 5.74) is 3.18. The number of carbonyl (C=O) groups excluding carboxylic acids is 1. The third-order valence-electron chi connectivity index (χ3n) is 6.90. The molecule has 5 rings (SSSR count). The van der Waals surface area contributed by atoms with Gasteiger partial charge in [-0.25, -0.2) is 9.37 Å². The van der Waals surface area contributed by atoms with Crippen molar-refractivity contribution >= 4 is 17.2 Å². The Morgan fingerprint density at radius 1 is 1.05 bits per heavy atom. The number of piperidine rings is 1. The first kappa shape index (κ1) is 26.5. The number of alkyl halides is 3. The highest BCUT2D eigenvalue weighted by Gasteiger charge is 2.30. The summed E-state index contributed by atoms with van der Waals surface area (Å²) in [4.78, 5) is 19.3. The first-order valence-electron chi connectivity index (χ1n) is 12.7. The van der Waals surface area contributed by atoms with Gasteiger partial charge in [-0.2, -0.15) is 13.2 Å². The number of benzene rings is 2. The predicted molar refractivity (Wildman–Crippen MR) is 140 cm³/mol. The van der Waals surface area contributed by atoms with Crippen LogP contribution in [0.25, 0.3) is 5.65 Å². The van der Waals surface area contributed by atoms with Crippen LogP contribution in [-0.2, 0) is 12.7 Å². The minimum atomic E-state index is -4.39. The summed E-state index contributed by atoms with van der Waals surface area (Å²) in [7, 11) is 0. The zero-order valence-electron chi connectivity index (χ0n) is 21.6. The van der Waals surface area contributed by atoms with Crippen LogP contribution >= 0.6 is 0 Å². The summed E-state index contributed by atoms with van der Waals surface area (Å²) in [6.07, 6.45) is -1.52. The van der Waals surface area contributed by atoms with Gasteiger partial charge in [0.2, 0.25) is 0 Å². The zero-order valence-corrected chi connectivity index (χ0v) is 21.6. The number of rotatable bonds is 6. The van der Waals surface area contributed by atoms with Crippen molar-refractivity contribution in [3.63, 3.8) is 0 Å². The van der Waals surface area contributed by atoms with Crippen LogP contribution in [-0.4, -0.2) is 34.5 Å². The van der Waals surface area contributed by atoms with Gasteiger partial charge in [-0.1, -0.05) is 6.07 Å². The number of amides is 1. The van der Waals surface area contributed by atoms with E-state index in [-0.39, 0.29) is 24.4 Å². The van der Waals surface area contributed by atoms with Crippen molar-refractivity contribution in [2.45, 2.75) is 45.5 Å². The molecule has 0 unspecified atom stereocenters. The highest BCUT2D eigenvalue weighted by atomic mass is 19.4. The van der Waals surface area contributed by atoms with E-state index in [0.29, 0.717) is 60.0 Å². The summed E-state index contributed by atoms with van der Waals surface area (Å²) in [5, 5.41) is 2.86. The smallest absolute Gasteiger partial charge is 0.416 e. The van der Waals surface area contributed by atoms with Gasteiger partial charge < -0.3 is 15.0 Å². The fourth-order valence-corrected chi connectivity index (χ4v) is 4.85. The molecule has 1 fully saturated rings. The molecule has 39 heavy (non-hydrogen) atoms. The molecular formula is C29H28F4N4O2. The number of carbonyl (C=O) groups is 1. The molecule has 1 saturated heterocycles. The number of imidazole rings is 1. The lowest BCUT2D eigenvalue weighted by Crippen LogP contribution is -2.38. The van der Waals surface area contributed by atoms with Gasteiger partial charge in [0.25, 0.3) is 5.91 Å². The molecule has 1 aliphatic heterocycles. The summed E-state index contributed by atoms with van der Waals surface area (Å²) in [5.74, 6) is -0.290. The standard InChI is InChI=1S/C29H28F4N4O2/c1-18-9-14-37-26(15-18)35-19(2)27(37)28(38)34-17-20-3-8-25(24(30)16-20)36-12-10-23(11-13-36)39-22-6-4-21(5-7-22)29(31,32)33/h3-9,14-16,23H,10-13,17H2,1-2H3,(H,34,38). The van der Waals surface area contributed by atoms with Crippen molar-refractivity contribution in [1.29, 1.82) is 0 Å². The molecule has 2 aromatic heterocycles. The molecule has 0 bridgehead atoms. The first-order valence-corrected chi connectivity index (χ1v) is 12.7. The van der Waals surface area contributed by atoms with Gasteiger partial charge in [-0.05, 0) is 73.5 Å². The Balaban J connectivity index is 1.16. The maximum Gasteiger partial charge on any atom is 0.416 e. The number of hydrogen-bond donors (Lipinski definition) is 1. The van der Waals surface area contributed by atoms with E-state index in [1.165, 1.54) is 18.2 Å². The maximum absolute atomic E-state index is 15.0. The molecule has 1 N–H and O–H groups in total. The monoisotopic (exact) mass is 540 g/mol. The number of ether oxygens (including phenoxy) is 1. The second-order valence-corrected chi connectivity index (χ2v) is 9.77. The quantitative estimate of drug-likeness (QED) is 0.301. The second-order valence-electron chi connectivity index (χ2n) is 9.77. The lowest BCUT2D eigenvalue weighted by atomic mass is 10.1. The van der Waals surface area contributed by atoms with Gasteiger partial charge in [-0.15, -0.1) is 0 Å². The number of halogens is 4. The lowest BCUT2D eigenvalue weighted by molar-refractivity contribution is -0.137. The van der Waals surface area contributed by atoms with E-state index in [9.17, 15) is 18.0 Å². The van der Waals surface area contributed by atoms with Gasteiger partial charge in [-0.3, -0.25) is 9.20 Å². The highest BCUT2D eigenvalue weighted by molar-refractivity contribution is 5.94. The summed E-state index contributed by atoms with van der Waals surface area (Å²) < 4.78 is 60.9. The third-order valence-corrected chi connectivity index (χ3v) is 6.90. The Morgan fingerprint density at radius 3 is 2.44 bits per heavy atom. The SMILES string of the molecule is Cc1ccn2c(C(=O)NCc3ccc(N4CCC(Oc5ccc(C(F)(F)F)cc5)CC4)c(F)c3)c(C)nc2c1. The van der Waals surface area contributed by atoms with Gasteiger partial charge >= 0.3 is 6.18 Å². The number of aromatic nitrogens is 2. The molecule has 0 radical (unpaired) electrons. The van der Waals surface area contributed by atoms with Crippen LogP contribution in [0.5, 0.6) is 5.75 Å². The van der Waals surface area contributed by atoms with Crippen LogP contribution in [0.3, 0.4) is 0 Å². The van der Waals surface area contributed by atoms with Crippen LogP contribution in [0.2, 0.25) is 0 Å². The number of aryl methyl sites for hydroxylation is 2. The summed E-state index contributed by atoms with van der Waals surface area (Å²) in [6.45, 7) is 5.00. The summed E-state index contributed by atoms with van der Waals surface area (Å²) in [6, 6.07) is 13.4. The molecule has 0 spiro atoms. The molecule has 0 atom stereocenters. The molecule has 6 nitrogen and oxygen atoms in total. The number of nitrogens with zero attached hydrogens (tertiary/aromatic N) is 3. The molecule has 1 aliphatic rings. The summed E-state index contributed by atoms with van der Waals surface area (Å²) >= 11 is 0. The molecule has 3 heterocycles. The number of fused-ring (bicyclic) bond motifs is 1. The van der Waals surface area contributed by atoms with Crippen LogP contribution in [0.1, 0.15) is 45.7 Å². The zero-order chi connectivity index (χ0) is 27.7. The fourth-order valence-electron chi connectivity index (χ4n) is 4.85.